The molecule has 37 heavy (non-hydrogen) atoms. The van der Waals surface area contributed by atoms with Crippen LogP contribution < -0.4 is 0 Å². The smallest absolute Gasteiger partial charge is 0.161 e. The molecule has 7 rings (SSSR count). The van der Waals surface area contributed by atoms with Crippen LogP contribution in [0.1, 0.15) is 0 Å². The molecular weight excluding hydrogens is 454 g/mol. The second-order valence-corrected chi connectivity index (χ2v) is 8.91. The van der Waals surface area contributed by atoms with E-state index in [2.05, 4.69) is 59.6 Å². The number of nitrogens with zero attached hydrogens (tertiary/aromatic N) is 3. The maximum absolute atomic E-state index is 6.20. The fourth-order valence-corrected chi connectivity index (χ4v) is 4.72. The van der Waals surface area contributed by atoms with Crippen LogP contribution >= 0.6 is 0 Å². The van der Waals surface area contributed by atoms with Gasteiger partial charge in [-0.1, -0.05) is 97.1 Å². The van der Waals surface area contributed by atoms with Gasteiger partial charge in [0.1, 0.15) is 11.1 Å². The first kappa shape index (κ1) is 21.2. The van der Waals surface area contributed by atoms with Gasteiger partial charge in [0.05, 0.1) is 11.4 Å². The molecule has 0 aliphatic carbocycles. The largest absolute Gasteiger partial charge is 0.454 e. The average molecular weight is 476 g/mol. The lowest BCUT2D eigenvalue weighted by molar-refractivity contribution is 0.669. The third-order valence-electron chi connectivity index (χ3n) is 6.58. The van der Waals surface area contributed by atoms with Gasteiger partial charge in [0.25, 0.3) is 0 Å². The van der Waals surface area contributed by atoms with Crippen LogP contribution in [0, 0.1) is 0 Å². The molecule has 3 aromatic heterocycles. The fraction of sp³-hybridized carbons (Fsp3) is 0. The fourth-order valence-electron chi connectivity index (χ4n) is 4.72. The number of rotatable bonds is 4. The Morgan fingerprint density at radius 3 is 1.78 bits per heavy atom. The second-order valence-electron chi connectivity index (χ2n) is 8.91. The van der Waals surface area contributed by atoms with Gasteiger partial charge < -0.3 is 4.42 Å². The zero-order valence-electron chi connectivity index (χ0n) is 19.9. The number of hydrogen-bond acceptors (Lipinski definition) is 4. The molecule has 0 saturated carbocycles. The molecule has 174 valence electrons. The minimum Gasteiger partial charge on any atom is -0.454 e. The first-order valence-electron chi connectivity index (χ1n) is 12.2. The third kappa shape index (κ3) is 3.85. The number of fused-ring (bicyclic) bond motifs is 3. The first-order valence-corrected chi connectivity index (χ1v) is 12.2. The Hall–Kier alpha value is -5.09. The lowest BCUT2D eigenvalue weighted by Gasteiger charge is -2.10. The van der Waals surface area contributed by atoms with E-state index in [1.807, 2.05) is 72.9 Å². The average Bonchev–Trinajstić information content (AvgIpc) is 3.37. The van der Waals surface area contributed by atoms with Gasteiger partial charge in [0.15, 0.2) is 11.4 Å². The highest BCUT2D eigenvalue weighted by molar-refractivity contribution is 6.07. The number of benzene rings is 4. The summed E-state index contributed by atoms with van der Waals surface area (Å²) < 4.78 is 6.20. The van der Waals surface area contributed by atoms with Crippen molar-refractivity contribution in [2.75, 3.05) is 0 Å². The Balaban J connectivity index is 1.33. The number of hydrogen-bond donors (Lipinski definition) is 0. The zero-order valence-corrected chi connectivity index (χ0v) is 19.9. The maximum Gasteiger partial charge on any atom is 0.161 e. The van der Waals surface area contributed by atoms with Crippen LogP contribution in [0.25, 0.3) is 67.1 Å². The second kappa shape index (κ2) is 8.85. The molecule has 0 amide bonds. The van der Waals surface area contributed by atoms with Gasteiger partial charge in [0.2, 0.25) is 0 Å². The molecule has 0 aliphatic rings. The summed E-state index contributed by atoms with van der Waals surface area (Å²) in [4.78, 5) is 14.5. The summed E-state index contributed by atoms with van der Waals surface area (Å²) in [5, 5.41) is 1.02. The lowest BCUT2D eigenvalue weighted by atomic mass is 10.0. The van der Waals surface area contributed by atoms with Gasteiger partial charge >= 0.3 is 0 Å². The molecule has 0 unspecified atom stereocenters. The summed E-state index contributed by atoms with van der Waals surface area (Å²) in [7, 11) is 0. The molecule has 4 aromatic carbocycles. The standard InChI is InChI=1S/C33H21N3O/c1-3-9-23(10-4-1)28-21-29(24-11-5-2-6-12-24)36-33(35-28)25-17-15-22(16-18-25)26-19-20-34-31-27-13-7-8-14-30(27)37-32(26)31/h1-21H. The van der Waals surface area contributed by atoms with Crippen molar-refractivity contribution in [3.05, 3.63) is 128 Å². The molecule has 0 spiro atoms. The van der Waals surface area contributed by atoms with Crippen LogP contribution in [0.2, 0.25) is 0 Å². The van der Waals surface area contributed by atoms with Crippen molar-refractivity contribution in [1.29, 1.82) is 0 Å². The Morgan fingerprint density at radius 1 is 0.514 bits per heavy atom. The third-order valence-corrected chi connectivity index (χ3v) is 6.58. The highest BCUT2D eigenvalue weighted by Crippen LogP contribution is 2.35. The maximum atomic E-state index is 6.20. The predicted octanol–water partition coefficient (Wildman–Crippen LogP) is 8.44. The van der Waals surface area contributed by atoms with Crippen LogP contribution in [0.5, 0.6) is 0 Å². The van der Waals surface area contributed by atoms with Crippen molar-refractivity contribution < 1.29 is 4.42 Å². The van der Waals surface area contributed by atoms with E-state index >= 15 is 0 Å². The molecule has 0 atom stereocenters. The van der Waals surface area contributed by atoms with Crippen LogP contribution in [0.3, 0.4) is 0 Å². The van der Waals surface area contributed by atoms with E-state index in [4.69, 9.17) is 14.4 Å². The number of aromatic nitrogens is 3. The molecule has 0 saturated heterocycles. The van der Waals surface area contributed by atoms with Gasteiger partial charge in [-0.25, -0.2) is 9.97 Å². The van der Waals surface area contributed by atoms with Crippen molar-refractivity contribution in [2.45, 2.75) is 0 Å². The number of pyridine rings is 1. The highest BCUT2D eigenvalue weighted by atomic mass is 16.3. The number of para-hydroxylation sites is 1. The van der Waals surface area contributed by atoms with Gasteiger partial charge in [-0.2, -0.15) is 0 Å². The van der Waals surface area contributed by atoms with E-state index in [0.29, 0.717) is 5.82 Å². The Bertz CT molecular complexity index is 1800. The summed E-state index contributed by atoms with van der Waals surface area (Å²) in [5.74, 6) is 0.690. The monoisotopic (exact) mass is 475 g/mol. The van der Waals surface area contributed by atoms with Gasteiger partial charge in [-0.05, 0) is 29.8 Å². The summed E-state index contributed by atoms with van der Waals surface area (Å²) in [6.07, 6.45) is 1.84. The van der Waals surface area contributed by atoms with Crippen molar-refractivity contribution in [3.8, 4) is 45.0 Å². The molecule has 3 heterocycles. The molecule has 0 aliphatic heterocycles. The van der Waals surface area contributed by atoms with Gasteiger partial charge in [-0.3, -0.25) is 4.98 Å². The topological polar surface area (TPSA) is 51.8 Å². The van der Waals surface area contributed by atoms with Gasteiger partial charge in [-0.15, -0.1) is 0 Å². The van der Waals surface area contributed by atoms with Crippen LogP contribution in [-0.2, 0) is 0 Å². The summed E-state index contributed by atoms with van der Waals surface area (Å²) in [6, 6.07) is 40.8. The number of furan rings is 1. The summed E-state index contributed by atoms with van der Waals surface area (Å²) in [6.45, 7) is 0. The van der Waals surface area contributed by atoms with Crippen LogP contribution in [0.15, 0.2) is 132 Å². The van der Waals surface area contributed by atoms with E-state index in [0.717, 1.165) is 61.3 Å². The van der Waals surface area contributed by atoms with E-state index in [9.17, 15) is 0 Å². The molecule has 4 heteroatoms. The Morgan fingerprint density at radius 2 is 1.11 bits per heavy atom. The molecule has 0 bridgehead atoms. The predicted molar refractivity (Wildman–Crippen MR) is 149 cm³/mol. The SMILES string of the molecule is c1ccc(-c2cc(-c3ccccc3)nc(-c3ccc(-c4ccnc5c4oc4ccccc45)cc3)n2)cc1. The van der Waals surface area contributed by atoms with E-state index < -0.39 is 0 Å². The van der Waals surface area contributed by atoms with Crippen molar-refractivity contribution in [3.63, 3.8) is 0 Å². The summed E-state index contributed by atoms with van der Waals surface area (Å²) >= 11 is 0. The molecule has 0 radical (unpaired) electrons. The minimum absolute atomic E-state index is 0.690. The van der Waals surface area contributed by atoms with Crippen LogP contribution in [0.4, 0.5) is 0 Å². The van der Waals surface area contributed by atoms with Crippen molar-refractivity contribution in [2.24, 2.45) is 0 Å². The van der Waals surface area contributed by atoms with E-state index in [-0.39, 0.29) is 0 Å². The Kier molecular flexibility index (Phi) is 5.07. The minimum atomic E-state index is 0.690. The lowest BCUT2D eigenvalue weighted by Crippen LogP contribution is -1.96. The zero-order chi connectivity index (χ0) is 24.6. The summed E-state index contributed by atoms with van der Waals surface area (Å²) in [5.41, 5.74) is 9.44. The van der Waals surface area contributed by atoms with E-state index in [1.165, 1.54) is 0 Å². The molecule has 7 aromatic rings. The Labute approximate surface area is 213 Å². The molecule has 0 N–H and O–H groups in total. The van der Waals surface area contributed by atoms with Crippen molar-refractivity contribution in [1.82, 2.24) is 15.0 Å². The quantitative estimate of drug-likeness (QED) is 0.256. The highest BCUT2D eigenvalue weighted by Gasteiger charge is 2.14. The van der Waals surface area contributed by atoms with Crippen molar-refractivity contribution >= 4 is 22.1 Å². The van der Waals surface area contributed by atoms with Gasteiger partial charge in [0, 0.05) is 33.8 Å². The van der Waals surface area contributed by atoms with Crippen LogP contribution in [-0.4, -0.2) is 15.0 Å². The first-order chi connectivity index (χ1) is 18.3. The molecule has 4 nitrogen and oxygen atoms in total. The normalized spacial score (nSPS) is 11.2. The molecular formula is C33H21N3O. The molecule has 0 fully saturated rings. The van der Waals surface area contributed by atoms with E-state index in [1.54, 1.807) is 0 Å².